The summed E-state index contributed by atoms with van der Waals surface area (Å²) in [4.78, 5) is 2.48. The molecule has 0 spiro atoms. The zero-order chi connectivity index (χ0) is 12.6. The highest BCUT2D eigenvalue weighted by Crippen LogP contribution is 2.36. The van der Waals surface area contributed by atoms with Gasteiger partial charge in [0.15, 0.2) is 0 Å². The lowest BCUT2D eigenvalue weighted by Crippen LogP contribution is -2.53. The van der Waals surface area contributed by atoms with Gasteiger partial charge in [-0.25, -0.2) is 0 Å². The van der Waals surface area contributed by atoms with E-state index >= 15 is 0 Å². The SMILES string of the molecule is Cc1ccoc1C1C(N)CCCN1C(C)(C)C. The van der Waals surface area contributed by atoms with E-state index in [2.05, 4.69) is 32.6 Å². The van der Waals surface area contributed by atoms with Crippen LogP contribution in [0.1, 0.15) is 51.0 Å². The van der Waals surface area contributed by atoms with Crippen molar-refractivity contribution in [3.05, 3.63) is 23.7 Å². The lowest BCUT2D eigenvalue weighted by atomic mass is 9.89. The molecule has 1 aromatic rings. The van der Waals surface area contributed by atoms with Crippen LogP contribution < -0.4 is 5.73 Å². The second-order valence-electron chi connectivity index (χ2n) is 6.08. The molecule has 0 saturated carbocycles. The Labute approximate surface area is 104 Å². The first-order valence-electron chi connectivity index (χ1n) is 6.47. The van der Waals surface area contributed by atoms with E-state index in [9.17, 15) is 0 Å². The monoisotopic (exact) mass is 236 g/mol. The molecule has 0 amide bonds. The van der Waals surface area contributed by atoms with E-state index < -0.39 is 0 Å². The molecule has 1 saturated heterocycles. The molecule has 2 N–H and O–H groups in total. The van der Waals surface area contributed by atoms with Gasteiger partial charge in [0.1, 0.15) is 5.76 Å². The van der Waals surface area contributed by atoms with Crippen LogP contribution in [0.4, 0.5) is 0 Å². The molecule has 2 unspecified atom stereocenters. The third-order valence-corrected chi connectivity index (χ3v) is 3.71. The quantitative estimate of drug-likeness (QED) is 0.815. The molecular formula is C14H24N2O. The number of hydrogen-bond donors (Lipinski definition) is 1. The van der Waals surface area contributed by atoms with Crippen LogP contribution in [0.3, 0.4) is 0 Å². The molecule has 2 heterocycles. The van der Waals surface area contributed by atoms with E-state index in [0.717, 1.165) is 18.7 Å². The van der Waals surface area contributed by atoms with E-state index in [-0.39, 0.29) is 17.6 Å². The van der Waals surface area contributed by atoms with Gasteiger partial charge < -0.3 is 10.2 Å². The zero-order valence-electron chi connectivity index (χ0n) is 11.4. The van der Waals surface area contributed by atoms with Crippen LogP contribution in [-0.2, 0) is 0 Å². The molecule has 2 rings (SSSR count). The van der Waals surface area contributed by atoms with Crippen molar-refractivity contribution in [2.75, 3.05) is 6.54 Å². The summed E-state index contributed by atoms with van der Waals surface area (Å²) in [5, 5.41) is 0. The van der Waals surface area contributed by atoms with Crippen LogP contribution in [-0.4, -0.2) is 23.0 Å². The first-order valence-corrected chi connectivity index (χ1v) is 6.47. The van der Waals surface area contributed by atoms with Gasteiger partial charge in [-0.3, -0.25) is 4.90 Å². The van der Waals surface area contributed by atoms with Gasteiger partial charge in [-0.2, -0.15) is 0 Å². The predicted molar refractivity (Wildman–Crippen MR) is 69.9 cm³/mol. The van der Waals surface area contributed by atoms with Gasteiger partial charge in [0, 0.05) is 11.6 Å². The number of likely N-dealkylation sites (tertiary alicyclic amines) is 1. The van der Waals surface area contributed by atoms with E-state index in [0.29, 0.717) is 0 Å². The molecule has 0 aromatic carbocycles. The summed E-state index contributed by atoms with van der Waals surface area (Å²) in [6.07, 6.45) is 4.03. The van der Waals surface area contributed by atoms with Crippen LogP contribution in [0.25, 0.3) is 0 Å². The molecule has 3 heteroatoms. The van der Waals surface area contributed by atoms with Crippen LogP contribution >= 0.6 is 0 Å². The van der Waals surface area contributed by atoms with E-state index in [4.69, 9.17) is 10.2 Å². The molecular weight excluding hydrogens is 212 g/mol. The summed E-state index contributed by atoms with van der Waals surface area (Å²) in [7, 11) is 0. The van der Waals surface area contributed by atoms with Crippen molar-refractivity contribution in [1.29, 1.82) is 0 Å². The molecule has 1 fully saturated rings. The van der Waals surface area contributed by atoms with E-state index in [1.54, 1.807) is 6.26 Å². The number of aryl methyl sites for hydroxylation is 1. The Morgan fingerprint density at radius 2 is 2.12 bits per heavy atom. The van der Waals surface area contributed by atoms with Crippen molar-refractivity contribution in [2.24, 2.45) is 5.73 Å². The molecule has 0 aliphatic carbocycles. The second-order valence-corrected chi connectivity index (χ2v) is 6.08. The minimum absolute atomic E-state index is 0.127. The maximum atomic E-state index is 6.32. The van der Waals surface area contributed by atoms with Crippen molar-refractivity contribution < 1.29 is 4.42 Å². The van der Waals surface area contributed by atoms with Crippen LogP contribution in [0, 0.1) is 6.92 Å². The molecule has 1 aliphatic rings. The first kappa shape index (κ1) is 12.7. The van der Waals surface area contributed by atoms with Gasteiger partial charge in [-0.1, -0.05) is 0 Å². The maximum Gasteiger partial charge on any atom is 0.125 e. The Bertz CT molecular complexity index is 378. The molecule has 2 atom stereocenters. The van der Waals surface area contributed by atoms with Gasteiger partial charge in [0.05, 0.1) is 12.3 Å². The Hall–Kier alpha value is -0.800. The summed E-state index contributed by atoms with van der Waals surface area (Å²) < 4.78 is 5.68. The molecule has 1 aliphatic heterocycles. The maximum absolute atomic E-state index is 6.32. The Morgan fingerprint density at radius 3 is 2.65 bits per heavy atom. The number of furan rings is 1. The third kappa shape index (κ3) is 2.40. The average molecular weight is 236 g/mol. The van der Waals surface area contributed by atoms with E-state index in [1.165, 1.54) is 12.0 Å². The lowest BCUT2D eigenvalue weighted by molar-refractivity contribution is 0.0270. The summed E-state index contributed by atoms with van der Waals surface area (Å²) >= 11 is 0. The van der Waals surface area contributed by atoms with Crippen molar-refractivity contribution in [3.8, 4) is 0 Å². The summed E-state index contributed by atoms with van der Waals surface area (Å²) in [6.45, 7) is 9.94. The second kappa shape index (κ2) is 4.46. The smallest absolute Gasteiger partial charge is 0.125 e. The van der Waals surface area contributed by atoms with Crippen molar-refractivity contribution >= 4 is 0 Å². The first-order chi connectivity index (χ1) is 7.91. The van der Waals surface area contributed by atoms with Crippen LogP contribution in [0.15, 0.2) is 16.7 Å². The number of rotatable bonds is 1. The van der Waals surface area contributed by atoms with Gasteiger partial charge in [0.25, 0.3) is 0 Å². The average Bonchev–Trinajstić information content (AvgIpc) is 2.62. The fourth-order valence-electron chi connectivity index (χ4n) is 2.80. The predicted octanol–water partition coefficient (Wildman–Crippen LogP) is 2.85. The zero-order valence-corrected chi connectivity index (χ0v) is 11.4. The molecule has 1 aromatic heterocycles. The summed E-state index contributed by atoms with van der Waals surface area (Å²) in [6, 6.07) is 2.42. The topological polar surface area (TPSA) is 42.4 Å². The fourth-order valence-corrected chi connectivity index (χ4v) is 2.80. The molecule has 17 heavy (non-hydrogen) atoms. The van der Waals surface area contributed by atoms with E-state index in [1.807, 2.05) is 6.07 Å². The minimum Gasteiger partial charge on any atom is -0.467 e. The van der Waals surface area contributed by atoms with Gasteiger partial charge in [-0.05, 0) is 58.7 Å². The molecule has 96 valence electrons. The normalized spacial score (nSPS) is 27.4. The van der Waals surface area contributed by atoms with Gasteiger partial charge >= 0.3 is 0 Å². The highest BCUT2D eigenvalue weighted by molar-refractivity contribution is 5.21. The Balaban J connectivity index is 2.35. The highest BCUT2D eigenvalue weighted by atomic mass is 16.3. The number of hydrogen-bond acceptors (Lipinski definition) is 3. The molecule has 0 bridgehead atoms. The van der Waals surface area contributed by atoms with Crippen molar-refractivity contribution in [2.45, 2.75) is 58.2 Å². The van der Waals surface area contributed by atoms with Crippen molar-refractivity contribution in [1.82, 2.24) is 4.90 Å². The Morgan fingerprint density at radius 1 is 1.41 bits per heavy atom. The Kier molecular flexibility index (Phi) is 3.32. The van der Waals surface area contributed by atoms with Crippen LogP contribution in [0.2, 0.25) is 0 Å². The van der Waals surface area contributed by atoms with Gasteiger partial charge in [-0.15, -0.1) is 0 Å². The summed E-state index contributed by atoms with van der Waals surface area (Å²) in [5.74, 6) is 1.05. The van der Waals surface area contributed by atoms with Gasteiger partial charge in [0.2, 0.25) is 0 Å². The highest BCUT2D eigenvalue weighted by Gasteiger charge is 2.38. The largest absolute Gasteiger partial charge is 0.467 e. The number of nitrogens with zero attached hydrogens (tertiary/aromatic N) is 1. The lowest BCUT2D eigenvalue weighted by Gasteiger charge is -2.46. The molecule has 0 radical (unpaired) electrons. The number of piperidine rings is 1. The third-order valence-electron chi connectivity index (χ3n) is 3.71. The molecule has 3 nitrogen and oxygen atoms in total. The van der Waals surface area contributed by atoms with Crippen LogP contribution in [0.5, 0.6) is 0 Å². The fraction of sp³-hybridized carbons (Fsp3) is 0.714. The van der Waals surface area contributed by atoms with Crippen molar-refractivity contribution in [3.63, 3.8) is 0 Å². The minimum atomic E-state index is 0.127. The summed E-state index contributed by atoms with van der Waals surface area (Å²) in [5.41, 5.74) is 7.66. The number of nitrogens with two attached hydrogens (primary N) is 1. The standard InChI is InChI=1S/C14H24N2O/c1-10-7-9-17-13(10)12-11(15)6-5-8-16(12)14(2,3)4/h7,9,11-12H,5-6,8,15H2,1-4H3.